The number of likely N-dealkylation sites (tertiary alicyclic amines) is 1. The van der Waals surface area contributed by atoms with Crippen LogP contribution in [0.5, 0.6) is 23.0 Å². The van der Waals surface area contributed by atoms with Crippen LogP contribution in [0.1, 0.15) is 59.4 Å². The summed E-state index contributed by atoms with van der Waals surface area (Å²) in [5.41, 5.74) is 9.10. The molecule has 5 heteroatoms. The van der Waals surface area contributed by atoms with E-state index in [1.54, 1.807) is 21.3 Å². The molecule has 3 aromatic carbocycles. The van der Waals surface area contributed by atoms with Gasteiger partial charge in [0.1, 0.15) is 23.0 Å². The first-order chi connectivity index (χ1) is 18.6. The molecule has 0 aromatic heterocycles. The molecule has 198 valence electrons. The number of hydrogen-bond donors (Lipinski definition) is 0. The van der Waals surface area contributed by atoms with Crippen LogP contribution in [-0.4, -0.2) is 52.5 Å². The van der Waals surface area contributed by atoms with Gasteiger partial charge in [-0.15, -0.1) is 0 Å². The molecule has 6 rings (SSSR count). The monoisotopic (exact) mass is 511 g/mol. The minimum atomic E-state index is 0.0782. The van der Waals surface area contributed by atoms with Crippen LogP contribution in [0.4, 0.5) is 0 Å². The minimum Gasteiger partial charge on any atom is -0.497 e. The molecule has 0 spiro atoms. The number of rotatable bonds is 8. The highest BCUT2D eigenvalue weighted by Gasteiger charge is 2.39. The number of ether oxygens (including phenoxy) is 4. The lowest BCUT2D eigenvalue weighted by Crippen LogP contribution is -2.26. The van der Waals surface area contributed by atoms with Crippen molar-refractivity contribution in [1.82, 2.24) is 4.90 Å². The normalized spacial score (nSPS) is 20.1. The molecular weight excluding hydrogens is 474 g/mol. The molecule has 0 bridgehead atoms. The maximum atomic E-state index is 6.17. The van der Waals surface area contributed by atoms with Crippen LogP contribution in [0.25, 0.3) is 11.1 Å². The molecule has 0 radical (unpaired) electrons. The topological polar surface area (TPSA) is 40.2 Å². The van der Waals surface area contributed by atoms with Crippen LogP contribution >= 0.6 is 0 Å². The van der Waals surface area contributed by atoms with E-state index >= 15 is 0 Å². The molecule has 0 amide bonds. The second-order valence-electron chi connectivity index (χ2n) is 10.6. The maximum Gasteiger partial charge on any atom is 0.127 e. The van der Waals surface area contributed by atoms with Crippen LogP contribution in [0.2, 0.25) is 0 Å². The molecule has 1 saturated heterocycles. The van der Waals surface area contributed by atoms with E-state index in [9.17, 15) is 0 Å². The fourth-order valence-corrected chi connectivity index (χ4v) is 6.66. The number of aryl methyl sites for hydroxylation is 1. The largest absolute Gasteiger partial charge is 0.497 e. The van der Waals surface area contributed by atoms with E-state index in [1.165, 1.54) is 58.3 Å². The summed E-state index contributed by atoms with van der Waals surface area (Å²) >= 11 is 0. The zero-order chi connectivity index (χ0) is 26.2. The van der Waals surface area contributed by atoms with E-state index in [1.807, 2.05) is 6.07 Å². The summed E-state index contributed by atoms with van der Waals surface area (Å²) in [5, 5.41) is 0. The molecule has 0 saturated carbocycles. The highest BCUT2D eigenvalue weighted by molar-refractivity contribution is 6.04. The Hall–Kier alpha value is -3.44. The van der Waals surface area contributed by atoms with Crippen molar-refractivity contribution in [1.29, 1.82) is 0 Å². The van der Waals surface area contributed by atoms with Gasteiger partial charge in [0.05, 0.1) is 27.9 Å². The fraction of sp³-hybridized carbons (Fsp3) is 0.394. The third-order valence-corrected chi connectivity index (χ3v) is 8.65. The third kappa shape index (κ3) is 4.33. The lowest BCUT2D eigenvalue weighted by atomic mass is 9.79. The van der Waals surface area contributed by atoms with Crippen molar-refractivity contribution in [3.63, 3.8) is 0 Å². The molecule has 38 heavy (non-hydrogen) atoms. The Balaban J connectivity index is 1.36. The van der Waals surface area contributed by atoms with Crippen LogP contribution in [-0.2, 0) is 6.42 Å². The summed E-state index contributed by atoms with van der Waals surface area (Å²) in [6, 6.07) is 20.0. The zero-order valence-electron chi connectivity index (χ0n) is 22.9. The van der Waals surface area contributed by atoms with Gasteiger partial charge >= 0.3 is 0 Å². The van der Waals surface area contributed by atoms with E-state index in [4.69, 9.17) is 18.9 Å². The van der Waals surface area contributed by atoms with Crippen molar-refractivity contribution in [2.24, 2.45) is 0 Å². The molecule has 1 aliphatic heterocycles. The Kier molecular flexibility index (Phi) is 6.79. The van der Waals surface area contributed by atoms with Gasteiger partial charge in [-0.25, -0.2) is 0 Å². The van der Waals surface area contributed by atoms with Gasteiger partial charge in [0.15, 0.2) is 0 Å². The van der Waals surface area contributed by atoms with Crippen molar-refractivity contribution < 1.29 is 18.9 Å². The van der Waals surface area contributed by atoms with Gasteiger partial charge in [0, 0.05) is 23.6 Å². The SMILES string of the molecule is COc1ccc2c(c1)CCC1=C2C(c2ccc(OCCC3CCCN3C)cc2)c2c(OC)cc(OC)cc21. The van der Waals surface area contributed by atoms with Gasteiger partial charge in [0.25, 0.3) is 0 Å². The predicted molar refractivity (Wildman–Crippen MR) is 152 cm³/mol. The number of hydrogen-bond acceptors (Lipinski definition) is 5. The van der Waals surface area contributed by atoms with Gasteiger partial charge in [-0.2, -0.15) is 0 Å². The number of nitrogens with zero attached hydrogens (tertiary/aromatic N) is 1. The second-order valence-corrected chi connectivity index (χ2v) is 10.6. The number of methoxy groups -OCH3 is 3. The molecule has 2 atom stereocenters. The number of fused-ring (bicyclic) bond motifs is 4. The summed E-state index contributed by atoms with van der Waals surface area (Å²) < 4.78 is 23.3. The smallest absolute Gasteiger partial charge is 0.127 e. The first kappa shape index (κ1) is 24.9. The third-order valence-electron chi connectivity index (χ3n) is 8.65. The summed E-state index contributed by atoms with van der Waals surface area (Å²) in [5.74, 6) is 3.61. The molecule has 1 fully saturated rings. The second kappa shape index (κ2) is 10.4. The molecule has 1 heterocycles. The molecule has 0 N–H and O–H groups in total. The number of benzene rings is 3. The summed E-state index contributed by atoms with van der Waals surface area (Å²) in [6.45, 7) is 1.95. The van der Waals surface area contributed by atoms with Crippen LogP contribution < -0.4 is 18.9 Å². The van der Waals surface area contributed by atoms with Crippen molar-refractivity contribution in [2.45, 2.75) is 44.1 Å². The fourth-order valence-electron chi connectivity index (χ4n) is 6.66. The Morgan fingerprint density at radius 1 is 0.816 bits per heavy atom. The Labute approximate surface area is 226 Å². The first-order valence-electron chi connectivity index (χ1n) is 13.7. The zero-order valence-corrected chi connectivity index (χ0v) is 22.9. The summed E-state index contributed by atoms with van der Waals surface area (Å²) in [4.78, 5) is 2.45. The number of allylic oxidation sites excluding steroid dienone is 2. The van der Waals surface area contributed by atoms with E-state index < -0.39 is 0 Å². The van der Waals surface area contributed by atoms with Crippen LogP contribution in [0.3, 0.4) is 0 Å². The summed E-state index contributed by atoms with van der Waals surface area (Å²) in [7, 11) is 7.42. The van der Waals surface area contributed by atoms with Crippen LogP contribution in [0.15, 0.2) is 54.6 Å². The lowest BCUT2D eigenvalue weighted by molar-refractivity contribution is 0.233. The van der Waals surface area contributed by atoms with Crippen molar-refractivity contribution in [3.8, 4) is 23.0 Å². The average molecular weight is 512 g/mol. The van der Waals surface area contributed by atoms with Gasteiger partial charge in [-0.3, -0.25) is 0 Å². The molecule has 3 aromatic rings. The highest BCUT2D eigenvalue weighted by atomic mass is 16.5. The molecule has 5 nitrogen and oxygen atoms in total. The minimum absolute atomic E-state index is 0.0782. The molecular formula is C33H37NO4. The van der Waals surface area contributed by atoms with Gasteiger partial charge in [0.2, 0.25) is 0 Å². The molecule has 2 unspecified atom stereocenters. The Bertz CT molecular complexity index is 1360. The van der Waals surface area contributed by atoms with Crippen molar-refractivity contribution in [3.05, 3.63) is 82.4 Å². The van der Waals surface area contributed by atoms with E-state index in [0.717, 1.165) is 48.9 Å². The average Bonchev–Trinajstić information content (AvgIpc) is 3.53. The van der Waals surface area contributed by atoms with E-state index in [-0.39, 0.29) is 5.92 Å². The van der Waals surface area contributed by atoms with Gasteiger partial charge in [-0.05, 0) is 109 Å². The molecule has 3 aliphatic rings. The molecule has 2 aliphatic carbocycles. The van der Waals surface area contributed by atoms with Crippen LogP contribution in [0, 0.1) is 0 Å². The standard InChI is InChI=1S/C33H37NO4/c1-34-16-5-6-23(34)15-17-38-24-10-7-21(8-11-24)31-32-27-14-12-25(35-2)18-22(27)9-13-28(32)29-19-26(36-3)20-30(37-4)33(29)31/h7-8,10-12,14,18-20,23,31H,5-6,9,13,15-17H2,1-4H3. The quantitative estimate of drug-likeness (QED) is 0.342. The maximum absolute atomic E-state index is 6.17. The first-order valence-corrected chi connectivity index (χ1v) is 13.7. The summed E-state index contributed by atoms with van der Waals surface area (Å²) in [6.07, 6.45) is 5.61. The Morgan fingerprint density at radius 2 is 1.61 bits per heavy atom. The van der Waals surface area contributed by atoms with E-state index in [2.05, 4.69) is 60.5 Å². The highest BCUT2D eigenvalue weighted by Crippen LogP contribution is 2.57. The Morgan fingerprint density at radius 3 is 2.32 bits per heavy atom. The van der Waals surface area contributed by atoms with Gasteiger partial charge < -0.3 is 23.8 Å². The van der Waals surface area contributed by atoms with Gasteiger partial charge in [-0.1, -0.05) is 18.2 Å². The van der Waals surface area contributed by atoms with E-state index in [0.29, 0.717) is 6.04 Å². The van der Waals surface area contributed by atoms with Crippen molar-refractivity contribution in [2.75, 3.05) is 41.5 Å². The lowest BCUT2D eigenvalue weighted by Gasteiger charge is -2.25. The van der Waals surface area contributed by atoms with Crippen molar-refractivity contribution >= 4 is 11.1 Å². The predicted octanol–water partition coefficient (Wildman–Crippen LogP) is 6.58.